The fourth-order valence-electron chi connectivity index (χ4n) is 5.49. The molecule has 0 aromatic heterocycles. The van der Waals surface area contributed by atoms with Crippen LogP contribution in [0, 0.1) is 5.41 Å². The van der Waals surface area contributed by atoms with Gasteiger partial charge in [-0.25, -0.2) is 0 Å². The van der Waals surface area contributed by atoms with Crippen LogP contribution < -0.4 is 0 Å². The van der Waals surface area contributed by atoms with Gasteiger partial charge in [-0.2, -0.15) is 0 Å². The van der Waals surface area contributed by atoms with E-state index in [1.165, 1.54) is 128 Å². The molecule has 0 N–H and O–H groups in total. The molecule has 1 atom stereocenters. The second-order valence-electron chi connectivity index (χ2n) is 11.4. The van der Waals surface area contributed by atoms with Crippen LogP contribution in [0.4, 0.5) is 0 Å². The van der Waals surface area contributed by atoms with Gasteiger partial charge in [-0.3, -0.25) is 0 Å². The molecule has 0 radical (unpaired) electrons. The summed E-state index contributed by atoms with van der Waals surface area (Å²) in [7, 11) is 4.59. The first-order chi connectivity index (χ1) is 15.1. The molecule has 1 fully saturated rings. The Morgan fingerprint density at radius 3 is 1.23 bits per heavy atom. The number of unbranched alkanes of at least 4 members (excludes halogenated alkanes) is 15. The average Bonchev–Trinajstić information content (AvgIpc) is 3.53. The minimum Gasteiger partial charge on any atom is -0.306 e. The first kappa shape index (κ1) is 29.0. The van der Waals surface area contributed by atoms with E-state index in [1.54, 1.807) is 25.7 Å². The van der Waals surface area contributed by atoms with Crippen LogP contribution in [0.5, 0.6) is 0 Å². The Morgan fingerprint density at radius 1 is 0.516 bits per heavy atom. The summed E-state index contributed by atoms with van der Waals surface area (Å²) < 4.78 is 0. The molecule has 1 heteroatoms. The van der Waals surface area contributed by atoms with Crippen molar-refractivity contribution >= 4 is 0 Å². The normalized spacial score (nSPS) is 16.2. The standard InChI is InChI=1S/C30H61N/c1-5-7-9-11-13-15-19-23-29(31(3)4)24-20-16-14-18-22-26-30(27-28-30)25-21-17-12-10-8-6-2/h29H,5-28H2,1-4H3. The third-order valence-corrected chi connectivity index (χ3v) is 8.13. The Morgan fingerprint density at radius 2 is 0.871 bits per heavy atom. The molecule has 1 rings (SSSR count). The molecule has 0 bridgehead atoms. The molecular weight excluding hydrogens is 374 g/mol. The van der Waals surface area contributed by atoms with Crippen molar-refractivity contribution in [3.8, 4) is 0 Å². The van der Waals surface area contributed by atoms with Crippen molar-refractivity contribution in [2.75, 3.05) is 14.1 Å². The molecule has 0 heterocycles. The number of hydrogen-bond acceptors (Lipinski definition) is 1. The highest BCUT2D eigenvalue weighted by Crippen LogP contribution is 2.53. The fourth-order valence-corrected chi connectivity index (χ4v) is 5.49. The summed E-state index contributed by atoms with van der Waals surface area (Å²) in [4.78, 5) is 2.50. The van der Waals surface area contributed by atoms with Crippen molar-refractivity contribution in [3.05, 3.63) is 0 Å². The van der Waals surface area contributed by atoms with Crippen LogP contribution in [0.3, 0.4) is 0 Å². The molecule has 1 saturated carbocycles. The Kier molecular flexibility index (Phi) is 18.2. The molecule has 0 aromatic carbocycles. The zero-order valence-electron chi connectivity index (χ0n) is 22.5. The summed E-state index contributed by atoms with van der Waals surface area (Å²) in [6.07, 6.45) is 35.2. The molecule has 186 valence electrons. The van der Waals surface area contributed by atoms with Gasteiger partial charge in [-0.05, 0) is 58.0 Å². The minimum atomic E-state index is 0.817. The van der Waals surface area contributed by atoms with Crippen molar-refractivity contribution in [3.63, 3.8) is 0 Å². The van der Waals surface area contributed by atoms with Gasteiger partial charge in [0.05, 0.1) is 0 Å². The van der Waals surface area contributed by atoms with E-state index in [0.717, 1.165) is 11.5 Å². The average molecular weight is 436 g/mol. The van der Waals surface area contributed by atoms with Gasteiger partial charge >= 0.3 is 0 Å². The van der Waals surface area contributed by atoms with E-state index in [9.17, 15) is 0 Å². The van der Waals surface area contributed by atoms with Crippen molar-refractivity contribution in [1.82, 2.24) is 4.90 Å². The number of nitrogens with zero attached hydrogens (tertiary/aromatic N) is 1. The van der Waals surface area contributed by atoms with E-state index in [-0.39, 0.29) is 0 Å². The summed E-state index contributed by atoms with van der Waals surface area (Å²) in [6.45, 7) is 4.62. The minimum absolute atomic E-state index is 0.817. The summed E-state index contributed by atoms with van der Waals surface area (Å²) in [5, 5.41) is 0. The van der Waals surface area contributed by atoms with Crippen LogP contribution in [0.2, 0.25) is 0 Å². The predicted molar refractivity (Wildman–Crippen MR) is 142 cm³/mol. The second kappa shape index (κ2) is 19.4. The molecule has 0 amide bonds. The monoisotopic (exact) mass is 435 g/mol. The zero-order chi connectivity index (χ0) is 22.6. The maximum Gasteiger partial charge on any atom is 0.00891 e. The smallest absolute Gasteiger partial charge is 0.00891 e. The first-order valence-corrected chi connectivity index (χ1v) is 14.8. The summed E-state index contributed by atoms with van der Waals surface area (Å²) in [6, 6.07) is 0.822. The topological polar surface area (TPSA) is 3.24 Å². The lowest BCUT2D eigenvalue weighted by molar-refractivity contribution is 0.251. The third kappa shape index (κ3) is 16.3. The summed E-state index contributed by atoms with van der Waals surface area (Å²) in [5.41, 5.74) is 0.817. The molecule has 0 saturated heterocycles. The maximum atomic E-state index is 2.50. The van der Waals surface area contributed by atoms with E-state index in [2.05, 4.69) is 32.8 Å². The highest BCUT2D eigenvalue weighted by atomic mass is 15.1. The van der Waals surface area contributed by atoms with Crippen molar-refractivity contribution in [1.29, 1.82) is 0 Å². The SMILES string of the molecule is CCCCCCCCCC(CCCCCCCC1(CCCCCCCC)CC1)N(C)C. The van der Waals surface area contributed by atoms with Gasteiger partial charge < -0.3 is 4.90 Å². The van der Waals surface area contributed by atoms with Crippen molar-refractivity contribution in [2.45, 2.75) is 174 Å². The highest BCUT2D eigenvalue weighted by molar-refractivity contribution is 4.92. The Balaban J connectivity index is 1.95. The lowest BCUT2D eigenvalue weighted by Crippen LogP contribution is -2.27. The predicted octanol–water partition coefficient (Wildman–Crippen LogP) is 10.3. The maximum absolute atomic E-state index is 2.50. The Hall–Kier alpha value is -0.0400. The molecule has 0 aliphatic heterocycles. The Bertz CT molecular complexity index is 371. The lowest BCUT2D eigenvalue weighted by Gasteiger charge is -2.24. The highest BCUT2D eigenvalue weighted by Gasteiger charge is 2.40. The van der Waals surface area contributed by atoms with Gasteiger partial charge in [-0.15, -0.1) is 0 Å². The van der Waals surface area contributed by atoms with Crippen LogP contribution >= 0.6 is 0 Å². The van der Waals surface area contributed by atoms with Crippen LogP contribution in [0.25, 0.3) is 0 Å². The molecule has 0 aromatic rings. The quantitative estimate of drug-likeness (QED) is 0.136. The van der Waals surface area contributed by atoms with Crippen LogP contribution in [-0.2, 0) is 0 Å². The van der Waals surface area contributed by atoms with Gasteiger partial charge in [0.15, 0.2) is 0 Å². The fraction of sp³-hybridized carbons (Fsp3) is 1.00. The van der Waals surface area contributed by atoms with E-state index < -0.39 is 0 Å². The molecule has 31 heavy (non-hydrogen) atoms. The zero-order valence-corrected chi connectivity index (χ0v) is 22.5. The van der Waals surface area contributed by atoms with Gasteiger partial charge in [0.2, 0.25) is 0 Å². The van der Waals surface area contributed by atoms with Crippen molar-refractivity contribution in [2.24, 2.45) is 5.41 Å². The first-order valence-electron chi connectivity index (χ1n) is 14.8. The lowest BCUT2D eigenvalue weighted by atomic mass is 9.91. The van der Waals surface area contributed by atoms with E-state index in [0.29, 0.717) is 0 Å². The molecule has 0 spiro atoms. The van der Waals surface area contributed by atoms with E-state index in [1.807, 2.05) is 0 Å². The second-order valence-corrected chi connectivity index (χ2v) is 11.4. The largest absolute Gasteiger partial charge is 0.306 e. The molecule has 1 nitrogen and oxygen atoms in total. The van der Waals surface area contributed by atoms with E-state index in [4.69, 9.17) is 0 Å². The van der Waals surface area contributed by atoms with Crippen molar-refractivity contribution < 1.29 is 0 Å². The molecular formula is C30H61N. The van der Waals surface area contributed by atoms with Crippen LogP contribution in [-0.4, -0.2) is 25.0 Å². The Labute approximate surface area is 198 Å². The van der Waals surface area contributed by atoms with Crippen LogP contribution in [0.1, 0.15) is 168 Å². The number of hydrogen-bond donors (Lipinski definition) is 0. The van der Waals surface area contributed by atoms with E-state index >= 15 is 0 Å². The van der Waals surface area contributed by atoms with Crippen LogP contribution in [0.15, 0.2) is 0 Å². The third-order valence-electron chi connectivity index (χ3n) is 8.13. The molecule has 1 aliphatic carbocycles. The summed E-state index contributed by atoms with van der Waals surface area (Å²) in [5.74, 6) is 0. The van der Waals surface area contributed by atoms with Gasteiger partial charge in [0.1, 0.15) is 0 Å². The number of rotatable bonds is 24. The summed E-state index contributed by atoms with van der Waals surface area (Å²) >= 11 is 0. The molecule has 1 aliphatic rings. The van der Waals surface area contributed by atoms with Gasteiger partial charge in [0.25, 0.3) is 0 Å². The molecule has 1 unspecified atom stereocenters. The van der Waals surface area contributed by atoms with Gasteiger partial charge in [-0.1, -0.05) is 129 Å². The van der Waals surface area contributed by atoms with Gasteiger partial charge in [0, 0.05) is 6.04 Å².